The Bertz CT molecular complexity index is 673. The fourth-order valence-corrected chi connectivity index (χ4v) is 3.27. The third kappa shape index (κ3) is 4.18. The van der Waals surface area contributed by atoms with E-state index in [9.17, 15) is 4.79 Å². The molecule has 1 N–H and O–H groups in total. The van der Waals surface area contributed by atoms with Crippen LogP contribution in [0.4, 0.5) is 5.82 Å². The van der Waals surface area contributed by atoms with Crippen LogP contribution >= 0.6 is 35.0 Å². The molecule has 0 fully saturated rings. The molecule has 0 unspecified atom stereocenters. The van der Waals surface area contributed by atoms with E-state index in [0.29, 0.717) is 15.9 Å². The number of carbonyl (C=O) groups excluding carboxylic acids is 1. The summed E-state index contributed by atoms with van der Waals surface area (Å²) in [5, 5.41) is 7.95. The molecular weight excluding hydrogens is 341 g/mol. The quantitative estimate of drug-likeness (QED) is 0.774. The first-order chi connectivity index (χ1) is 10.4. The van der Waals surface area contributed by atoms with E-state index < -0.39 is 0 Å². The van der Waals surface area contributed by atoms with Gasteiger partial charge < -0.3 is 5.32 Å². The van der Waals surface area contributed by atoms with Crippen molar-refractivity contribution in [2.24, 2.45) is 0 Å². The Hall–Kier alpha value is -1.17. The second-order valence-corrected chi connectivity index (χ2v) is 7.31. The lowest BCUT2D eigenvalue weighted by Gasteiger charge is -2.15. The van der Waals surface area contributed by atoms with Crippen LogP contribution in [0.3, 0.4) is 0 Å². The van der Waals surface area contributed by atoms with Gasteiger partial charge in [-0.1, -0.05) is 23.2 Å². The van der Waals surface area contributed by atoms with Gasteiger partial charge in [0.15, 0.2) is 0 Å². The van der Waals surface area contributed by atoms with Gasteiger partial charge in [-0.05, 0) is 39.0 Å². The van der Waals surface area contributed by atoms with Crippen LogP contribution in [-0.4, -0.2) is 20.9 Å². The molecular formula is C15H17Cl2N3OS. The summed E-state index contributed by atoms with van der Waals surface area (Å²) in [4.78, 5) is 13.1. The molecule has 1 aromatic carbocycles. The molecule has 2 aromatic rings. The molecule has 4 nitrogen and oxygen atoms in total. The maximum Gasteiger partial charge on any atom is 0.238 e. The highest BCUT2D eigenvalue weighted by atomic mass is 35.5. The third-order valence-electron chi connectivity index (χ3n) is 2.98. The molecule has 0 radical (unpaired) electrons. The van der Waals surface area contributed by atoms with E-state index in [1.165, 1.54) is 11.8 Å². The molecule has 0 saturated carbocycles. The van der Waals surface area contributed by atoms with Gasteiger partial charge in [-0.2, -0.15) is 5.10 Å². The lowest BCUT2D eigenvalue weighted by Crippen LogP contribution is -2.24. The smallest absolute Gasteiger partial charge is 0.238 e. The lowest BCUT2D eigenvalue weighted by atomic mass is 10.4. The summed E-state index contributed by atoms with van der Waals surface area (Å²) in [5.74, 6) is 0.577. The van der Waals surface area contributed by atoms with Gasteiger partial charge in [0.1, 0.15) is 5.82 Å². The number of nitrogens with one attached hydrogen (secondary N) is 1. The van der Waals surface area contributed by atoms with E-state index in [2.05, 4.69) is 10.4 Å². The fraction of sp³-hybridized carbons (Fsp3) is 0.333. The molecule has 1 heterocycles. The Balaban J connectivity index is 2.06. The number of nitrogens with zero attached hydrogens (tertiary/aromatic N) is 2. The van der Waals surface area contributed by atoms with Crippen molar-refractivity contribution in [2.75, 3.05) is 5.32 Å². The molecule has 22 heavy (non-hydrogen) atoms. The van der Waals surface area contributed by atoms with Gasteiger partial charge in [0.25, 0.3) is 0 Å². The molecule has 0 spiro atoms. The van der Waals surface area contributed by atoms with E-state index in [0.717, 1.165) is 4.90 Å². The van der Waals surface area contributed by atoms with Crippen LogP contribution in [-0.2, 0) is 4.79 Å². The van der Waals surface area contributed by atoms with Crippen LogP contribution in [0.5, 0.6) is 0 Å². The monoisotopic (exact) mass is 357 g/mol. The average Bonchev–Trinajstić information content (AvgIpc) is 2.91. The number of aromatic nitrogens is 2. The van der Waals surface area contributed by atoms with Crippen LogP contribution in [0.15, 0.2) is 35.4 Å². The molecule has 1 amide bonds. The van der Waals surface area contributed by atoms with E-state index in [-0.39, 0.29) is 17.2 Å². The standard InChI is InChI=1S/C15H17Cl2N3OS/c1-9(2)20-14(6-7-18-20)19-15(21)10(3)22-13-8-11(16)4-5-12(13)17/h4-10H,1-3H3,(H,19,21)/t10-/m0/s1. The summed E-state index contributed by atoms with van der Waals surface area (Å²) in [5.41, 5.74) is 0. The highest BCUT2D eigenvalue weighted by molar-refractivity contribution is 8.00. The zero-order valence-electron chi connectivity index (χ0n) is 12.5. The Morgan fingerprint density at radius 1 is 1.27 bits per heavy atom. The van der Waals surface area contributed by atoms with Crippen LogP contribution in [0, 0.1) is 0 Å². The van der Waals surface area contributed by atoms with E-state index in [1.807, 2.05) is 20.8 Å². The summed E-state index contributed by atoms with van der Waals surface area (Å²) in [7, 11) is 0. The van der Waals surface area contributed by atoms with Crippen LogP contribution in [0.2, 0.25) is 10.0 Å². The minimum absolute atomic E-state index is 0.108. The molecule has 0 aliphatic heterocycles. The van der Waals surface area contributed by atoms with Gasteiger partial charge in [0, 0.05) is 22.0 Å². The highest BCUT2D eigenvalue weighted by Crippen LogP contribution is 2.33. The van der Waals surface area contributed by atoms with Crippen molar-refractivity contribution in [3.05, 3.63) is 40.5 Å². The number of hydrogen-bond acceptors (Lipinski definition) is 3. The number of hydrogen-bond donors (Lipinski definition) is 1. The van der Waals surface area contributed by atoms with Gasteiger partial charge >= 0.3 is 0 Å². The predicted octanol–water partition coefficient (Wildman–Crippen LogP) is 4.89. The fourth-order valence-electron chi connectivity index (χ4n) is 1.86. The Morgan fingerprint density at radius 2 is 2.00 bits per heavy atom. The number of benzene rings is 1. The molecule has 0 saturated heterocycles. The molecule has 1 aromatic heterocycles. The van der Waals surface area contributed by atoms with Crippen molar-refractivity contribution in [1.82, 2.24) is 9.78 Å². The van der Waals surface area contributed by atoms with Crippen LogP contribution < -0.4 is 5.32 Å². The summed E-state index contributed by atoms with van der Waals surface area (Å²) >= 11 is 13.5. The summed E-state index contributed by atoms with van der Waals surface area (Å²) in [6.07, 6.45) is 1.67. The lowest BCUT2D eigenvalue weighted by molar-refractivity contribution is -0.115. The van der Waals surface area contributed by atoms with Crippen molar-refractivity contribution < 1.29 is 4.79 Å². The summed E-state index contributed by atoms with van der Waals surface area (Å²) in [6, 6.07) is 7.17. The largest absolute Gasteiger partial charge is 0.310 e. The van der Waals surface area contributed by atoms with E-state index in [4.69, 9.17) is 23.2 Å². The van der Waals surface area contributed by atoms with Gasteiger partial charge in [-0.15, -0.1) is 11.8 Å². The number of thioether (sulfide) groups is 1. The van der Waals surface area contributed by atoms with Crippen molar-refractivity contribution >= 4 is 46.7 Å². The molecule has 2 rings (SSSR count). The van der Waals surface area contributed by atoms with Crippen molar-refractivity contribution in [1.29, 1.82) is 0 Å². The zero-order chi connectivity index (χ0) is 16.3. The van der Waals surface area contributed by atoms with Gasteiger partial charge in [-0.25, -0.2) is 4.68 Å². The molecule has 0 bridgehead atoms. The van der Waals surface area contributed by atoms with Gasteiger partial charge in [0.05, 0.1) is 16.5 Å². The summed E-state index contributed by atoms with van der Waals surface area (Å²) < 4.78 is 1.77. The normalized spacial score (nSPS) is 12.5. The second kappa shape index (κ2) is 7.40. The first-order valence-corrected chi connectivity index (χ1v) is 8.48. The molecule has 118 valence electrons. The maximum atomic E-state index is 12.3. The van der Waals surface area contributed by atoms with Crippen molar-refractivity contribution in [3.63, 3.8) is 0 Å². The number of anilines is 1. The van der Waals surface area contributed by atoms with Gasteiger partial charge in [-0.3, -0.25) is 4.79 Å². The Morgan fingerprint density at radius 3 is 2.68 bits per heavy atom. The highest BCUT2D eigenvalue weighted by Gasteiger charge is 2.18. The van der Waals surface area contributed by atoms with E-state index in [1.54, 1.807) is 35.1 Å². The van der Waals surface area contributed by atoms with Crippen molar-refractivity contribution in [3.8, 4) is 0 Å². The first-order valence-electron chi connectivity index (χ1n) is 6.84. The molecule has 0 aliphatic carbocycles. The number of amides is 1. The average molecular weight is 358 g/mol. The summed E-state index contributed by atoms with van der Waals surface area (Å²) in [6.45, 7) is 5.84. The van der Waals surface area contributed by atoms with E-state index >= 15 is 0 Å². The Labute approximate surface area is 144 Å². The SMILES string of the molecule is CC(C)n1nccc1NC(=O)[C@H](C)Sc1cc(Cl)ccc1Cl. The van der Waals surface area contributed by atoms with Gasteiger partial charge in [0.2, 0.25) is 5.91 Å². The molecule has 1 atom stereocenters. The second-order valence-electron chi connectivity index (χ2n) is 5.08. The first kappa shape index (κ1) is 17.2. The van der Waals surface area contributed by atoms with Crippen molar-refractivity contribution in [2.45, 2.75) is 37.0 Å². The zero-order valence-corrected chi connectivity index (χ0v) is 14.8. The van der Waals surface area contributed by atoms with Crippen LogP contribution in [0.25, 0.3) is 0 Å². The number of halogens is 2. The topological polar surface area (TPSA) is 46.9 Å². The molecule has 0 aliphatic rings. The van der Waals surface area contributed by atoms with Crippen LogP contribution in [0.1, 0.15) is 26.8 Å². The number of rotatable bonds is 5. The third-order valence-corrected chi connectivity index (χ3v) is 4.81. The minimum atomic E-state index is -0.313. The number of carbonyl (C=O) groups is 1. The predicted molar refractivity (Wildman–Crippen MR) is 93.0 cm³/mol. The Kier molecular flexibility index (Phi) is 5.78. The minimum Gasteiger partial charge on any atom is -0.310 e. The maximum absolute atomic E-state index is 12.3. The molecule has 7 heteroatoms.